The van der Waals surface area contributed by atoms with Crippen LogP contribution in [-0.4, -0.2) is 66.5 Å². The molecule has 0 aromatic heterocycles. The highest BCUT2D eigenvalue weighted by Gasteiger charge is 2.28. The normalized spacial score (nSPS) is 13.7. The molecule has 0 amide bonds. The fourth-order valence-electron chi connectivity index (χ4n) is 8.24. The maximum Gasteiger partial charge on any atom is 0.472 e. The molecule has 12 heteroatoms. The number of allylic oxidation sites excluding steroid dienone is 10. The van der Waals surface area contributed by atoms with Gasteiger partial charge in [-0.05, 0) is 103 Å². The van der Waals surface area contributed by atoms with E-state index in [-0.39, 0.29) is 25.9 Å². The molecule has 0 radical (unpaired) electrons. The van der Waals surface area contributed by atoms with Gasteiger partial charge in [0.25, 0.3) is 0 Å². The first-order chi connectivity index (χ1) is 36.2. The molecule has 0 aromatic rings. The van der Waals surface area contributed by atoms with Gasteiger partial charge in [0, 0.05) is 19.3 Å². The van der Waals surface area contributed by atoms with Crippen molar-refractivity contribution >= 4 is 25.7 Å². The van der Waals surface area contributed by atoms with Crippen molar-refractivity contribution in [3.63, 3.8) is 0 Å². The molecule has 0 aliphatic rings. The van der Waals surface area contributed by atoms with Gasteiger partial charge in [-0.25, -0.2) is 4.57 Å². The number of rotatable bonds is 56. The second-order valence-corrected chi connectivity index (χ2v) is 21.6. The van der Waals surface area contributed by atoms with E-state index in [9.17, 15) is 28.9 Å². The van der Waals surface area contributed by atoms with Crippen LogP contribution in [0.15, 0.2) is 60.8 Å². The highest BCUT2D eigenvalue weighted by molar-refractivity contribution is 7.47. The maximum atomic E-state index is 12.9. The molecule has 0 spiro atoms. The first kappa shape index (κ1) is 71.2. The van der Waals surface area contributed by atoms with Gasteiger partial charge in [0.05, 0.1) is 19.8 Å². The molecule has 0 aromatic carbocycles. The molecule has 0 saturated heterocycles. The lowest BCUT2D eigenvalue weighted by atomic mass is 10.1. The van der Waals surface area contributed by atoms with E-state index in [4.69, 9.17) is 23.3 Å². The molecule has 0 rings (SSSR count). The number of ether oxygens (including phenoxy) is 3. The SMILES string of the molecule is CCC/C=C\C/C=C\CCCCCCCC(=O)OC(CO)COP(=O)(O)OCC(COC(=O)CCCCCCCCCCC/C=C\C/C=C\CCCCC)OC(=O)CCCCCCC/C=C\CCCCCCCC. The summed E-state index contributed by atoms with van der Waals surface area (Å²) < 4.78 is 39.6. The maximum absolute atomic E-state index is 12.9. The van der Waals surface area contributed by atoms with Crippen molar-refractivity contribution < 1.29 is 52.2 Å². The minimum atomic E-state index is -4.75. The van der Waals surface area contributed by atoms with Gasteiger partial charge in [-0.2, -0.15) is 0 Å². The highest BCUT2D eigenvalue weighted by atomic mass is 31.2. The molecule has 3 unspecified atom stereocenters. The third-order valence-electron chi connectivity index (χ3n) is 12.9. The van der Waals surface area contributed by atoms with Gasteiger partial charge in [-0.15, -0.1) is 0 Å². The van der Waals surface area contributed by atoms with Gasteiger partial charge >= 0.3 is 25.7 Å². The van der Waals surface area contributed by atoms with Crippen LogP contribution in [0.3, 0.4) is 0 Å². The monoisotopic (exact) mass is 1060 g/mol. The van der Waals surface area contributed by atoms with Crippen molar-refractivity contribution in [3.8, 4) is 0 Å². The van der Waals surface area contributed by atoms with Crippen LogP contribution < -0.4 is 0 Å². The molecule has 0 heterocycles. The molecule has 3 atom stereocenters. The third-order valence-corrected chi connectivity index (χ3v) is 13.8. The molecule has 0 aliphatic carbocycles. The van der Waals surface area contributed by atoms with E-state index in [0.717, 1.165) is 116 Å². The van der Waals surface area contributed by atoms with Gasteiger partial charge in [-0.1, -0.05) is 216 Å². The molecular formula is C62H111O11P. The lowest BCUT2D eigenvalue weighted by Gasteiger charge is -2.21. The van der Waals surface area contributed by atoms with Crippen LogP contribution in [0.1, 0.15) is 278 Å². The predicted molar refractivity (Wildman–Crippen MR) is 307 cm³/mol. The summed E-state index contributed by atoms with van der Waals surface area (Å²) in [5.74, 6) is -1.48. The summed E-state index contributed by atoms with van der Waals surface area (Å²) in [5, 5.41) is 9.81. The lowest BCUT2D eigenvalue weighted by Crippen LogP contribution is -2.30. The van der Waals surface area contributed by atoms with Gasteiger partial charge < -0.3 is 24.2 Å². The molecule has 430 valence electrons. The Hall–Kier alpha value is -2.82. The number of hydrogen-bond donors (Lipinski definition) is 2. The van der Waals surface area contributed by atoms with Crippen LogP contribution in [0.2, 0.25) is 0 Å². The van der Waals surface area contributed by atoms with Crippen molar-refractivity contribution in [2.24, 2.45) is 0 Å². The zero-order valence-electron chi connectivity index (χ0n) is 47.6. The Morgan fingerprint density at radius 1 is 0.378 bits per heavy atom. The van der Waals surface area contributed by atoms with Crippen molar-refractivity contribution in [2.45, 2.75) is 290 Å². The van der Waals surface area contributed by atoms with E-state index in [2.05, 4.69) is 81.5 Å². The van der Waals surface area contributed by atoms with Gasteiger partial charge in [0.1, 0.15) is 12.7 Å². The minimum Gasteiger partial charge on any atom is -0.462 e. The standard InChI is InChI=1S/C62H111O11P/c1-4-7-10-13-16-19-22-25-27-28-29-30-32-34-36-39-42-45-48-51-60(64)69-55-59(73-62(66)53-50-47-44-41-38-35-31-26-23-20-17-14-11-8-5-2)57-71-74(67,68)70-56-58(54-63)72-61(65)52-49-46-43-40-37-33-24-21-18-15-12-9-6-3/h12,15-16,19,21,24-27,31,58-59,63H,4-11,13-14,17-18,20,22-23,28-30,32-57H2,1-3H3,(H,67,68)/b15-12-,19-16-,24-21-,27-25-,31-26-. The number of aliphatic hydroxyl groups excluding tert-OH is 1. The summed E-state index contributed by atoms with van der Waals surface area (Å²) in [7, 11) is -4.75. The number of esters is 3. The second kappa shape index (κ2) is 56.4. The van der Waals surface area contributed by atoms with Crippen molar-refractivity contribution in [1.29, 1.82) is 0 Å². The molecule has 0 saturated carbocycles. The number of hydrogen-bond acceptors (Lipinski definition) is 10. The number of carbonyl (C=O) groups is 3. The number of phosphoric ester groups is 1. The van der Waals surface area contributed by atoms with E-state index in [1.807, 2.05) is 0 Å². The average molecular weight is 1060 g/mol. The first-order valence-electron chi connectivity index (χ1n) is 30.2. The summed E-state index contributed by atoms with van der Waals surface area (Å²) >= 11 is 0. The Kier molecular flexibility index (Phi) is 54.2. The summed E-state index contributed by atoms with van der Waals surface area (Å²) in [6, 6.07) is 0. The zero-order valence-corrected chi connectivity index (χ0v) is 48.5. The molecular weight excluding hydrogens is 952 g/mol. The van der Waals surface area contributed by atoms with E-state index >= 15 is 0 Å². The van der Waals surface area contributed by atoms with Gasteiger partial charge in [-0.3, -0.25) is 23.4 Å². The van der Waals surface area contributed by atoms with Gasteiger partial charge in [0.15, 0.2) is 6.10 Å². The van der Waals surface area contributed by atoms with Crippen LogP contribution in [0, 0.1) is 0 Å². The molecule has 11 nitrogen and oxygen atoms in total. The Balaban J connectivity index is 4.72. The number of aliphatic hydroxyl groups is 1. The Bertz CT molecular complexity index is 1470. The first-order valence-corrected chi connectivity index (χ1v) is 31.7. The predicted octanol–water partition coefficient (Wildman–Crippen LogP) is 17.9. The van der Waals surface area contributed by atoms with E-state index in [0.29, 0.717) is 19.3 Å². The smallest absolute Gasteiger partial charge is 0.462 e. The molecule has 74 heavy (non-hydrogen) atoms. The lowest BCUT2D eigenvalue weighted by molar-refractivity contribution is -0.161. The van der Waals surface area contributed by atoms with Crippen LogP contribution in [0.5, 0.6) is 0 Å². The van der Waals surface area contributed by atoms with Gasteiger partial charge in [0.2, 0.25) is 0 Å². The second-order valence-electron chi connectivity index (χ2n) is 20.2. The summed E-state index contributed by atoms with van der Waals surface area (Å²) in [6.07, 6.45) is 61.7. The fraction of sp³-hybridized carbons (Fsp3) is 0.790. The van der Waals surface area contributed by atoms with E-state index < -0.39 is 57.8 Å². The summed E-state index contributed by atoms with van der Waals surface area (Å²) in [6.45, 7) is 4.55. The minimum absolute atomic E-state index is 0.156. The third kappa shape index (κ3) is 54.0. The molecule has 0 bridgehead atoms. The number of carbonyl (C=O) groups excluding carboxylic acids is 3. The Labute approximate surface area is 453 Å². The Morgan fingerprint density at radius 2 is 0.689 bits per heavy atom. The summed E-state index contributed by atoms with van der Waals surface area (Å²) in [5.41, 5.74) is 0. The summed E-state index contributed by atoms with van der Waals surface area (Å²) in [4.78, 5) is 48.6. The van der Waals surface area contributed by atoms with Crippen LogP contribution in [0.4, 0.5) is 0 Å². The van der Waals surface area contributed by atoms with Crippen LogP contribution >= 0.6 is 7.82 Å². The Morgan fingerprint density at radius 3 is 1.09 bits per heavy atom. The molecule has 0 fully saturated rings. The number of unbranched alkanes of at least 4 members (excludes halogenated alkanes) is 29. The molecule has 0 aliphatic heterocycles. The van der Waals surface area contributed by atoms with Crippen molar-refractivity contribution in [3.05, 3.63) is 60.8 Å². The van der Waals surface area contributed by atoms with Crippen LogP contribution in [-0.2, 0) is 42.2 Å². The zero-order chi connectivity index (χ0) is 54.1. The number of phosphoric acid groups is 1. The quantitative estimate of drug-likeness (QED) is 0.0197. The van der Waals surface area contributed by atoms with Crippen LogP contribution in [0.25, 0.3) is 0 Å². The van der Waals surface area contributed by atoms with Crippen molar-refractivity contribution in [1.82, 2.24) is 0 Å². The fourth-order valence-corrected chi connectivity index (χ4v) is 9.03. The van der Waals surface area contributed by atoms with E-state index in [1.54, 1.807) is 0 Å². The van der Waals surface area contributed by atoms with Crippen molar-refractivity contribution in [2.75, 3.05) is 26.4 Å². The molecule has 2 N–H and O–H groups in total. The van der Waals surface area contributed by atoms with E-state index in [1.165, 1.54) is 103 Å². The highest BCUT2D eigenvalue weighted by Crippen LogP contribution is 2.43. The topological polar surface area (TPSA) is 155 Å². The average Bonchev–Trinajstić information content (AvgIpc) is 3.39. The largest absolute Gasteiger partial charge is 0.472 e.